The van der Waals surface area contributed by atoms with Crippen LogP contribution < -0.4 is 4.90 Å². The van der Waals surface area contributed by atoms with E-state index >= 15 is 0 Å². The van der Waals surface area contributed by atoms with E-state index in [0.29, 0.717) is 14.6 Å². The normalized spacial score (nSPS) is 11.6. The Morgan fingerprint density at radius 3 is 2.74 bits per heavy atom. The number of rotatable bonds is 3. The summed E-state index contributed by atoms with van der Waals surface area (Å²) < 4.78 is 37.5. The lowest BCUT2D eigenvalue weighted by molar-refractivity contribution is -0.119. The summed E-state index contributed by atoms with van der Waals surface area (Å²) in [7, 11) is 1.39. The van der Waals surface area contributed by atoms with Gasteiger partial charge in [0.05, 0.1) is 0 Å². The van der Waals surface area contributed by atoms with Gasteiger partial charge in [0.15, 0.2) is 0 Å². The molecule has 0 unspecified atom stereocenters. The van der Waals surface area contributed by atoms with Crippen LogP contribution in [0.1, 0.15) is 0 Å². The number of nitrogens with zero attached hydrogens (tertiary/aromatic N) is 3. The Bertz CT molecular complexity index is 556. The van der Waals surface area contributed by atoms with E-state index < -0.39 is 12.7 Å². The van der Waals surface area contributed by atoms with Crippen LogP contribution >= 0.6 is 27.3 Å². The van der Waals surface area contributed by atoms with Crippen molar-refractivity contribution in [1.82, 2.24) is 9.97 Å². The van der Waals surface area contributed by atoms with Crippen molar-refractivity contribution in [3.63, 3.8) is 0 Å². The number of aromatic nitrogens is 2. The molecule has 8 heteroatoms. The van der Waals surface area contributed by atoms with Crippen molar-refractivity contribution in [3.05, 3.63) is 29.1 Å². The van der Waals surface area contributed by atoms with E-state index in [2.05, 4.69) is 25.9 Å². The van der Waals surface area contributed by atoms with Crippen molar-refractivity contribution in [2.75, 3.05) is 18.5 Å². The van der Waals surface area contributed by atoms with E-state index in [1.807, 2.05) is 6.07 Å². The molecular formula is C11H9BrF3N3S. The van der Waals surface area contributed by atoms with Crippen LogP contribution in [0, 0.1) is 0 Å². The van der Waals surface area contributed by atoms with Gasteiger partial charge in [-0.15, -0.1) is 0 Å². The molecule has 0 fully saturated rings. The highest BCUT2D eigenvalue weighted by Gasteiger charge is 2.31. The van der Waals surface area contributed by atoms with Gasteiger partial charge in [-0.1, -0.05) is 11.3 Å². The maximum absolute atomic E-state index is 12.4. The predicted octanol–water partition coefficient (Wildman–Crippen LogP) is 3.97. The van der Waals surface area contributed by atoms with E-state index in [1.54, 1.807) is 18.5 Å². The molecular weight excluding hydrogens is 343 g/mol. The first-order valence-electron chi connectivity index (χ1n) is 5.21. The maximum Gasteiger partial charge on any atom is 0.405 e. The van der Waals surface area contributed by atoms with Gasteiger partial charge in [0.1, 0.15) is 21.2 Å². The lowest BCUT2D eigenvalue weighted by atomic mass is 10.3. The Morgan fingerprint density at radius 1 is 1.42 bits per heavy atom. The van der Waals surface area contributed by atoms with Gasteiger partial charge in [-0.05, 0) is 28.1 Å². The molecule has 0 spiro atoms. The maximum atomic E-state index is 12.4. The van der Waals surface area contributed by atoms with Gasteiger partial charge in [-0.3, -0.25) is 4.98 Å². The van der Waals surface area contributed by atoms with Gasteiger partial charge >= 0.3 is 6.18 Å². The van der Waals surface area contributed by atoms with Gasteiger partial charge < -0.3 is 4.90 Å². The average Bonchev–Trinajstić information content (AvgIpc) is 2.70. The van der Waals surface area contributed by atoms with Gasteiger partial charge in [-0.2, -0.15) is 13.2 Å². The summed E-state index contributed by atoms with van der Waals surface area (Å²) in [5, 5.41) is 1.07. The highest BCUT2D eigenvalue weighted by molar-refractivity contribution is 9.10. The second-order valence-corrected chi connectivity index (χ2v) is 5.56. The molecule has 0 aliphatic rings. The zero-order valence-electron chi connectivity index (χ0n) is 9.78. The van der Waals surface area contributed by atoms with Gasteiger partial charge in [-0.25, -0.2) is 4.98 Å². The molecule has 2 rings (SSSR count). The van der Waals surface area contributed by atoms with E-state index in [1.165, 1.54) is 18.4 Å². The first kappa shape index (κ1) is 14.3. The van der Waals surface area contributed by atoms with Crippen molar-refractivity contribution < 1.29 is 13.2 Å². The minimum absolute atomic E-state index is 0.406. The minimum atomic E-state index is -4.24. The number of alkyl halides is 3. The number of anilines is 1. The third kappa shape index (κ3) is 3.66. The molecule has 2 heterocycles. The average molecular weight is 352 g/mol. The first-order chi connectivity index (χ1) is 8.87. The van der Waals surface area contributed by atoms with Crippen LogP contribution in [0.15, 0.2) is 29.1 Å². The molecule has 0 saturated carbocycles. The summed E-state index contributed by atoms with van der Waals surface area (Å²) in [6.07, 6.45) is -0.992. The largest absolute Gasteiger partial charge is 0.405 e. The summed E-state index contributed by atoms with van der Waals surface area (Å²) in [6, 6.07) is 3.57. The summed E-state index contributed by atoms with van der Waals surface area (Å²) >= 11 is 4.38. The summed E-state index contributed by atoms with van der Waals surface area (Å²) in [5.74, 6) is 0. The fraction of sp³-hybridized carbons (Fsp3) is 0.273. The standard InChI is InChI=1S/C11H9BrF3N3S/c1-18(6-11(13,14)15)10-8(12)17-9(19-10)7-3-2-4-16-5-7/h2-5H,6H2,1H3. The van der Waals surface area contributed by atoms with Gasteiger partial charge in [0.2, 0.25) is 0 Å². The molecule has 2 aromatic rings. The van der Waals surface area contributed by atoms with Gasteiger partial charge in [0.25, 0.3) is 0 Å². The Balaban J connectivity index is 2.27. The summed E-state index contributed by atoms with van der Waals surface area (Å²) in [5.41, 5.74) is 0.778. The third-order valence-electron chi connectivity index (χ3n) is 2.24. The quantitative estimate of drug-likeness (QED) is 0.837. The number of thiazole rings is 1. The molecule has 102 valence electrons. The molecule has 0 radical (unpaired) electrons. The number of pyridine rings is 1. The summed E-state index contributed by atoms with van der Waals surface area (Å²) in [4.78, 5) is 9.31. The minimum Gasteiger partial charge on any atom is -0.355 e. The lowest BCUT2D eigenvalue weighted by Crippen LogP contribution is -2.30. The van der Waals surface area contributed by atoms with Crippen LogP contribution in [0.5, 0.6) is 0 Å². The molecule has 0 N–H and O–H groups in total. The molecule has 3 nitrogen and oxygen atoms in total. The molecule has 0 saturated heterocycles. The Hall–Kier alpha value is -1.15. The number of halogens is 4. The van der Waals surface area contributed by atoms with Crippen molar-refractivity contribution >= 4 is 32.3 Å². The van der Waals surface area contributed by atoms with E-state index in [-0.39, 0.29) is 0 Å². The Labute approximate surface area is 120 Å². The fourth-order valence-corrected chi connectivity index (χ4v) is 3.23. The molecule has 0 aliphatic heterocycles. The fourth-order valence-electron chi connectivity index (χ4n) is 1.48. The summed E-state index contributed by atoms with van der Waals surface area (Å²) in [6.45, 7) is -1.01. The number of hydrogen-bond donors (Lipinski definition) is 0. The van der Waals surface area contributed by atoms with Crippen LogP contribution in [-0.2, 0) is 0 Å². The molecule has 0 bridgehead atoms. The molecule has 0 amide bonds. The molecule has 2 aromatic heterocycles. The Morgan fingerprint density at radius 2 is 2.16 bits per heavy atom. The van der Waals surface area contributed by atoms with Crippen LogP contribution in [0.25, 0.3) is 10.6 Å². The van der Waals surface area contributed by atoms with Crippen molar-refractivity contribution in [2.45, 2.75) is 6.18 Å². The monoisotopic (exact) mass is 351 g/mol. The van der Waals surface area contributed by atoms with Crippen molar-refractivity contribution in [2.24, 2.45) is 0 Å². The zero-order chi connectivity index (χ0) is 14.0. The molecule has 0 aromatic carbocycles. The van der Waals surface area contributed by atoms with Crippen LogP contribution in [0.4, 0.5) is 18.2 Å². The van der Waals surface area contributed by atoms with Crippen LogP contribution in [0.2, 0.25) is 0 Å². The Kier molecular flexibility index (Phi) is 4.10. The number of hydrogen-bond acceptors (Lipinski definition) is 4. The zero-order valence-corrected chi connectivity index (χ0v) is 12.2. The van der Waals surface area contributed by atoms with Crippen molar-refractivity contribution in [1.29, 1.82) is 0 Å². The first-order valence-corrected chi connectivity index (χ1v) is 6.82. The van der Waals surface area contributed by atoms with E-state index in [9.17, 15) is 13.2 Å². The topological polar surface area (TPSA) is 29.0 Å². The second kappa shape index (κ2) is 5.46. The van der Waals surface area contributed by atoms with Crippen LogP contribution in [-0.4, -0.2) is 29.7 Å². The predicted molar refractivity (Wildman–Crippen MR) is 72.4 cm³/mol. The second-order valence-electron chi connectivity index (χ2n) is 3.83. The highest BCUT2D eigenvalue weighted by atomic mass is 79.9. The van der Waals surface area contributed by atoms with E-state index in [4.69, 9.17) is 0 Å². The molecule has 0 aliphatic carbocycles. The molecule has 19 heavy (non-hydrogen) atoms. The highest BCUT2D eigenvalue weighted by Crippen LogP contribution is 2.37. The smallest absolute Gasteiger partial charge is 0.355 e. The van der Waals surface area contributed by atoms with Crippen molar-refractivity contribution in [3.8, 4) is 10.6 Å². The lowest BCUT2D eigenvalue weighted by Gasteiger charge is -2.18. The SMILES string of the molecule is CN(CC(F)(F)F)c1sc(-c2cccnc2)nc1Br. The molecule has 0 atom stereocenters. The van der Waals surface area contributed by atoms with Crippen LogP contribution in [0.3, 0.4) is 0 Å². The van der Waals surface area contributed by atoms with Gasteiger partial charge in [0, 0.05) is 25.0 Å². The third-order valence-corrected chi connectivity index (χ3v) is 4.28. The van der Waals surface area contributed by atoms with E-state index in [0.717, 1.165) is 10.5 Å².